The van der Waals surface area contributed by atoms with Gasteiger partial charge in [-0.1, -0.05) is 12.1 Å². The van der Waals surface area contributed by atoms with Crippen LogP contribution in [0.4, 0.5) is 4.39 Å². The Kier molecular flexibility index (Phi) is 8.33. The fraction of sp³-hybridized carbons (Fsp3) is 0.476. The van der Waals surface area contributed by atoms with Crippen molar-refractivity contribution >= 4 is 5.96 Å². The van der Waals surface area contributed by atoms with Crippen molar-refractivity contribution in [1.82, 2.24) is 15.5 Å². The third-order valence-corrected chi connectivity index (χ3v) is 4.63. The van der Waals surface area contributed by atoms with Gasteiger partial charge in [-0.05, 0) is 36.2 Å². The van der Waals surface area contributed by atoms with Crippen LogP contribution in [0.1, 0.15) is 11.3 Å². The van der Waals surface area contributed by atoms with Gasteiger partial charge in [-0.3, -0.25) is 9.89 Å². The minimum atomic E-state index is -0.200. The summed E-state index contributed by atoms with van der Waals surface area (Å²) in [4.78, 5) is 7.05. The Hall–Kier alpha value is -2.38. The zero-order valence-corrected chi connectivity index (χ0v) is 16.2. The maximum absolute atomic E-state index is 13.3. The number of halogens is 1. The maximum atomic E-state index is 13.3. The second-order valence-electron chi connectivity index (χ2n) is 6.75. The molecule has 0 bridgehead atoms. The number of morpholine rings is 1. The molecule has 0 saturated carbocycles. The predicted molar refractivity (Wildman–Crippen MR) is 108 cm³/mol. The number of benzene rings is 1. The van der Waals surface area contributed by atoms with E-state index in [2.05, 4.69) is 15.5 Å². The molecule has 1 aliphatic heterocycles. The second-order valence-corrected chi connectivity index (χ2v) is 6.75. The van der Waals surface area contributed by atoms with Gasteiger partial charge in [0, 0.05) is 39.1 Å². The summed E-state index contributed by atoms with van der Waals surface area (Å²) in [5.41, 5.74) is 0.968. The summed E-state index contributed by atoms with van der Waals surface area (Å²) in [6, 6.07) is 10.6. The molecule has 2 aromatic rings. The Balaban J connectivity index is 1.46. The molecule has 2 heterocycles. The topological polar surface area (TPSA) is 62.0 Å². The standard InChI is InChI=1S/C21H29FN4O2/c22-19-4-1-3-18(17-19)6-8-23-21(24-9-7-20-5-2-14-28-20)25-10-11-26-12-15-27-16-13-26/h1-5,14,17H,6-13,15-16H2,(H2,23,24,25). The van der Waals surface area contributed by atoms with E-state index in [4.69, 9.17) is 14.1 Å². The minimum absolute atomic E-state index is 0.200. The molecular formula is C21H29FN4O2. The molecule has 0 spiro atoms. The smallest absolute Gasteiger partial charge is 0.191 e. The molecule has 7 heteroatoms. The Bertz CT molecular complexity index is 715. The van der Waals surface area contributed by atoms with Crippen molar-refractivity contribution in [2.24, 2.45) is 4.99 Å². The molecule has 0 atom stereocenters. The number of hydrogen-bond acceptors (Lipinski definition) is 4. The van der Waals surface area contributed by atoms with Gasteiger partial charge in [-0.25, -0.2) is 4.39 Å². The van der Waals surface area contributed by atoms with Crippen LogP contribution in [0, 0.1) is 5.82 Å². The van der Waals surface area contributed by atoms with Gasteiger partial charge in [-0.15, -0.1) is 0 Å². The van der Waals surface area contributed by atoms with E-state index in [-0.39, 0.29) is 5.82 Å². The van der Waals surface area contributed by atoms with Crippen LogP contribution in [0.25, 0.3) is 0 Å². The number of furan rings is 1. The summed E-state index contributed by atoms with van der Waals surface area (Å²) in [6.07, 6.45) is 3.21. The second kappa shape index (κ2) is 11.5. The predicted octanol–water partition coefficient (Wildman–Crippen LogP) is 2.07. The molecule has 0 aliphatic carbocycles. The highest BCUT2D eigenvalue weighted by atomic mass is 19.1. The molecule has 2 N–H and O–H groups in total. The van der Waals surface area contributed by atoms with Gasteiger partial charge in [0.15, 0.2) is 5.96 Å². The third kappa shape index (κ3) is 7.32. The van der Waals surface area contributed by atoms with E-state index in [9.17, 15) is 4.39 Å². The van der Waals surface area contributed by atoms with E-state index in [1.54, 1.807) is 18.4 Å². The van der Waals surface area contributed by atoms with Crippen molar-refractivity contribution < 1.29 is 13.5 Å². The van der Waals surface area contributed by atoms with Crippen LogP contribution < -0.4 is 10.6 Å². The van der Waals surface area contributed by atoms with Crippen molar-refractivity contribution in [2.75, 3.05) is 52.5 Å². The zero-order chi connectivity index (χ0) is 19.4. The fourth-order valence-electron chi connectivity index (χ4n) is 3.08. The van der Waals surface area contributed by atoms with Gasteiger partial charge < -0.3 is 19.8 Å². The summed E-state index contributed by atoms with van der Waals surface area (Å²) in [5.74, 6) is 1.52. The Labute approximate surface area is 165 Å². The summed E-state index contributed by atoms with van der Waals surface area (Å²) in [7, 11) is 0. The number of ether oxygens (including phenoxy) is 1. The van der Waals surface area contributed by atoms with Crippen molar-refractivity contribution in [3.05, 3.63) is 59.8 Å². The van der Waals surface area contributed by atoms with Crippen molar-refractivity contribution in [3.63, 3.8) is 0 Å². The average Bonchev–Trinajstić information content (AvgIpc) is 3.22. The monoisotopic (exact) mass is 388 g/mol. The van der Waals surface area contributed by atoms with Gasteiger partial charge in [0.05, 0.1) is 26.0 Å². The highest BCUT2D eigenvalue weighted by Gasteiger charge is 2.09. The number of rotatable bonds is 9. The van der Waals surface area contributed by atoms with Gasteiger partial charge >= 0.3 is 0 Å². The summed E-state index contributed by atoms with van der Waals surface area (Å²) in [5, 5.41) is 6.70. The highest BCUT2D eigenvalue weighted by molar-refractivity contribution is 5.79. The molecule has 6 nitrogen and oxygen atoms in total. The normalized spacial score (nSPS) is 15.5. The number of nitrogens with zero attached hydrogens (tertiary/aromatic N) is 2. The highest BCUT2D eigenvalue weighted by Crippen LogP contribution is 2.03. The molecule has 3 rings (SSSR count). The first-order valence-corrected chi connectivity index (χ1v) is 9.89. The van der Waals surface area contributed by atoms with E-state index in [0.29, 0.717) is 6.54 Å². The summed E-state index contributed by atoms with van der Waals surface area (Å²) in [6.45, 7) is 6.57. The summed E-state index contributed by atoms with van der Waals surface area (Å²) >= 11 is 0. The van der Waals surface area contributed by atoms with E-state index in [0.717, 1.165) is 76.1 Å². The molecule has 28 heavy (non-hydrogen) atoms. The molecule has 1 fully saturated rings. The first-order valence-electron chi connectivity index (χ1n) is 9.89. The van der Waals surface area contributed by atoms with Gasteiger partial charge in [0.2, 0.25) is 0 Å². The Morgan fingerprint density at radius 2 is 1.89 bits per heavy atom. The quantitative estimate of drug-likeness (QED) is 0.509. The lowest BCUT2D eigenvalue weighted by Crippen LogP contribution is -2.41. The Morgan fingerprint density at radius 3 is 2.64 bits per heavy atom. The third-order valence-electron chi connectivity index (χ3n) is 4.63. The van der Waals surface area contributed by atoms with Gasteiger partial charge in [0.25, 0.3) is 0 Å². The first-order chi connectivity index (χ1) is 13.8. The van der Waals surface area contributed by atoms with E-state index in [1.807, 2.05) is 18.2 Å². The molecule has 1 aromatic carbocycles. The van der Waals surface area contributed by atoms with Crippen LogP contribution in [0.2, 0.25) is 0 Å². The lowest BCUT2D eigenvalue weighted by Gasteiger charge is -2.25. The van der Waals surface area contributed by atoms with Crippen LogP contribution in [-0.4, -0.2) is 63.3 Å². The molecular weight excluding hydrogens is 359 g/mol. The van der Waals surface area contributed by atoms with Crippen LogP contribution in [0.5, 0.6) is 0 Å². The van der Waals surface area contributed by atoms with E-state index >= 15 is 0 Å². The molecule has 1 saturated heterocycles. The molecule has 152 valence electrons. The fourth-order valence-corrected chi connectivity index (χ4v) is 3.08. The molecule has 0 amide bonds. The first kappa shape index (κ1) is 20.4. The summed E-state index contributed by atoms with van der Waals surface area (Å²) < 4.78 is 24.1. The van der Waals surface area contributed by atoms with Crippen LogP contribution in [0.3, 0.4) is 0 Å². The SMILES string of the molecule is Fc1cccc(CCNC(=NCCN2CCOCC2)NCCc2ccco2)c1. The molecule has 0 unspecified atom stereocenters. The number of hydrogen-bond donors (Lipinski definition) is 2. The van der Waals surface area contributed by atoms with Gasteiger partial charge in [-0.2, -0.15) is 0 Å². The maximum Gasteiger partial charge on any atom is 0.191 e. The molecule has 0 radical (unpaired) electrons. The molecule has 1 aromatic heterocycles. The molecule has 1 aliphatic rings. The minimum Gasteiger partial charge on any atom is -0.469 e. The van der Waals surface area contributed by atoms with Crippen molar-refractivity contribution in [3.8, 4) is 0 Å². The van der Waals surface area contributed by atoms with Crippen molar-refractivity contribution in [2.45, 2.75) is 12.8 Å². The largest absolute Gasteiger partial charge is 0.469 e. The number of aliphatic imine (C=N–C) groups is 1. The lowest BCUT2D eigenvalue weighted by molar-refractivity contribution is 0.0394. The van der Waals surface area contributed by atoms with Crippen molar-refractivity contribution in [1.29, 1.82) is 0 Å². The van der Waals surface area contributed by atoms with Crippen LogP contribution >= 0.6 is 0 Å². The zero-order valence-electron chi connectivity index (χ0n) is 16.2. The Morgan fingerprint density at radius 1 is 1.07 bits per heavy atom. The van der Waals surface area contributed by atoms with Crippen LogP contribution in [0.15, 0.2) is 52.1 Å². The van der Waals surface area contributed by atoms with E-state index in [1.165, 1.54) is 6.07 Å². The lowest BCUT2D eigenvalue weighted by atomic mass is 10.1. The van der Waals surface area contributed by atoms with E-state index < -0.39 is 0 Å². The number of nitrogens with one attached hydrogen (secondary N) is 2. The van der Waals surface area contributed by atoms with Gasteiger partial charge in [0.1, 0.15) is 11.6 Å². The average molecular weight is 388 g/mol. The number of guanidine groups is 1. The van der Waals surface area contributed by atoms with Crippen LogP contribution in [-0.2, 0) is 17.6 Å².